The molecule has 0 aliphatic carbocycles. The number of aromatic nitrogens is 1. The maximum atomic E-state index is 12.2. The van der Waals surface area contributed by atoms with Gasteiger partial charge in [-0.1, -0.05) is 35.5 Å². The van der Waals surface area contributed by atoms with E-state index < -0.39 is 0 Å². The molecule has 0 unspecified atom stereocenters. The molecule has 104 valence electrons. The Balaban J connectivity index is 1.70. The number of hydrogen-bond acceptors (Lipinski definition) is 4. The molecular weight excluding hydrogens is 256 g/mol. The Labute approximate surface area is 116 Å². The van der Waals surface area contributed by atoms with Crippen molar-refractivity contribution in [2.24, 2.45) is 0 Å². The molecule has 2 heterocycles. The molecule has 1 N–H and O–H groups in total. The number of carbonyl (C=O) groups excluding carboxylic acids is 1. The largest absolute Gasteiger partial charge is 0.376 e. The second-order valence-corrected chi connectivity index (χ2v) is 4.79. The highest BCUT2D eigenvalue weighted by Crippen LogP contribution is 2.21. The van der Waals surface area contributed by atoms with E-state index in [-0.39, 0.29) is 12.0 Å². The van der Waals surface area contributed by atoms with Crippen LogP contribution in [0.5, 0.6) is 0 Å². The van der Waals surface area contributed by atoms with Gasteiger partial charge >= 0.3 is 0 Å². The number of amides is 1. The summed E-state index contributed by atoms with van der Waals surface area (Å²) in [7, 11) is 0. The normalized spacial score (nSPS) is 18.1. The minimum atomic E-state index is -0.180. The predicted molar refractivity (Wildman–Crippen MR) is 73.2 cm³/mol. The van der Waals surface area contributed by atoms with Gasteiger partial charge in [-0.3, -0.25) is 4.79 Å². The summed E-state index contributed by atoms with van der Waals surface area (Å²) in [6.07, 6.45) is 3.56. The Kier molecular flexibility index (Phi) is 3.78. The molecule has 3 rings (SSSR count). The monoisotopic (exact) mass is 272 g/mol. The van der Waals surface area contributed by atoms with E-state index >= 15 is 0 Å². The van der Waals surface area contributed by atoms with Crippen LogP contribution in [-0.2, 0) is 4.74 Å². The Bertz CT molecular complexity index is 574. The zero-order valence-corrected chi connectivity index (χ0v) is 11.0. The number of rotatable bonds is 4. The minimum Gasteiger partial charge on any atom is -0.376 e. The summed E-state index contributed by atoms with van der Waals surface area (Å²) < 4.78 is 10.4. The van der Waals surface area contributed by atoms with Crippen molar-refractivity contribution in [2.45, 2.75) is 18.9 Å². The van der Waals surface area contributed by atoms with Gasteiger partial charge in [0.15, 0.2) is 0 Å². The van der Waals surface area contributed by atoms with Crippen molar-refractivity contribution in [2.75, 3.05) is 13.2 Å². The Morgan fingerprint density at radius 3 is 2.95 bits per heavy atom. The van der Waals surface area contributed by atoms with Crippen LogP contribution >= 0.6 is 0 Å². The lowest BCUT2D eigenvalue weighted by atomic mass is 10.1. The van der Waals surface area contributed by atoms with E-state index in [1.807, 2.05) is 30.3 Å². The summed E-state index contributed by atoms with van der Waals surface area (Å²) in [5, 5.41) is 6.79. The van der Waals surface area contributed by atoms with E-state index in [0.717, 1.165) is 25.0 Å². The molecule has 1 saturated heterocycles. The fourth-order valence-corrected chi connectivity index (χ4v) is 2.31. The van der Waals surface area contributed by atoms with Crippen molar-refractivity contribution >= 4 is 5.91 Å². The molecule has 1 amide bonds. The number of carbonyl (C=O) groups is 1. The van der Waals surface area contributed by atoms with Crippen molar-refractivity contribution in [3.05, 3.63) is 42.2 Å². The molecule has 1 fully saturated rings. The SMILES string of the molecule is O=C(NC[C@@H]1CCCO1)c1conc1-c1ccccc1. The second kappa shape index (κ2) is 5.88. The first-order valence-corrected chi connectivity index (χ1v) is 6.74. The third kappa shape index (κ3) is 2.72. The number of ether oxygens (including phenoxy) is 1. The molecule has 0 radical (unpaired) electrons. The van der Waals surface area contributed by atoms with Crippen molar-refractivity contribution in [3.8, 4) is 11.3 Å². The smallest absolute Gasteiger partial charge is 0.256 e. The molecule has 1 aliphatic rings. The molecule has 2 aromatic rings. The van der Waals surface area contributed by atoms with Crippen molar-refractivity contribution in [3.63, 3.8) is 0 Å². The number of hydrogen-bond donors (Lipinski definition) is 1. The molecule has 0 spiro atoms. The van der Waals surface area contributed by atoms with Gasteiger partial charge in [0, 0.05) is 18.7 Å². The van der Waals surface area contributed by atoms with Crippen molar-refractivity contribution in [1.82, 2.24) is 10.5 Å². The summed E-state index contributed by atoms with van der Waals surface area (Å²) in [5.41, 5.74) is 1.88. The number of nitrogens with one attached hydrogen (secondary N) is 1. The highest BCUT2D eigenvalue weighted by Gasteiger charge is 2.20. The van der Waals surface area contributed by atoms with Crippen LogP contribution < -0.4 is 5.32 Å². The molecule has 1 aromatic heterocycles. The first kappa shape index (κ1) is 12.9. The molecular formula is C15H16N2O3. The number of nitrogens with zero attached hydrogens (tertiary/aromatic N) is 1. The van der Waals surface area contributed by atoms with Gasteiger partial charge in [0.1, 0.15) is 17.5 Å². The van der Waals surface area contributed by atoms with Gasteiger partial charge < -0.3 is 14.6 Å². The van der Waals surface area contributed by atoms with Crippen LogP contribution in [0.2, 0.25) is 0 Å². The second-order valence-electron chi connectivity index (χ2n) is 4.79. The lowest BCUT2D eigenvalue weighted by Gasteiger charge is -2.10. The molecule has 5 nitrogen and oxygen atoms in total. The molecule has 0 saturated carbocycles. The van der Waals surface area contributed by atoms with Crippen molar-refractivity contribution in [1.29, 1.82) is 0 Å². The van der Waals surface area contributed by atoms with Gasteiger partial charge in [-0.2, -0.15) is 0 Å². The van der Waals surface area contributed by atoms with Gasteiger partial charge in [-0.15, -0.1) is 0 Å². The maximum Gasteiger partial charge on any atom is 0.256 e. The highest BCUT2D eigenvalue weighted by molar-refractivity contribution is 5.99. The van der Waals surface area contributed by atoms with Crippen LogP contribution in [0, 0.1) is 0 Å². The van der Waals surface area contributed by atoms with E-state index in [0.29, 0.717) is 17.8 Å². The molecule has 1 aliphatic heterocycles. The van der Waals surface area contributed by atoms with E-state index in [4.69, 9.17) is 9.26 Å². The summed E-state index contributed by atoms with van der Waals surface area (Å²) in [6, 6.07) is 9.51. The average Bonchev–Trinajstić information content (AvgIpc) is 3.17. The van der Waals surface area contributed by atoms with Crippen LogP contribution in [-0.4, -0.2) is 30.3 Å². The van der Waals surface area contributed by atoms with Crippen LogP contribution in [0.1, 0.15) is 23.2 Å². The highest BCUT2D eigenvalue weighted by atomic mass is 16.5. The lowest BCUT2D eigenvalue weighted by molar-refractivity contribution is 0.0857. The zero-order chi connectivity index (χ0) is 13.8. The van der Waals surface area contributed by atoms with Crippen LogP contribution in [0.4, 0.5) is 0 Å². The standard InChI is InChI=1S/C15H16N2O3/c18-15(16-9-12-7-4-8-19-12)13-10-20-17-14(13)11-5-2-1-3-6-11/h1-3,5-6,10,12H,4,7-9H2,(H,16,18)/t12-/m0/s1. The maximum absolute atomic E-state index is 12.2. The summed E-state index contributed by atoms with van der Waals surface area (Å²) in [5.74, 6) is -0.180. The fourth-order valence-electron chi connectivity index (χ4n) is 2.31. The van der Waals surface area contributed by atoms with Crippen LogP contribution in [0.15, 0.2) is 41.1 Å². The Morgan fingerprint density at radius 1 is 1.35 bits per heavy atom. The summed E-state index contributed by atoms with van der Waals surface area (Å²) >= 11 is 0. The topological polar surface area (TPSA) is 64.4 Å². The van der Waals surface area contributed by atoms with E-state index in [9.17, 15) is 4.79 Å². The summed E-state index contributed by atoms with van der Waals surface area (Å²) in [4.78, 5) is 12.2. The first-order chi connectivity index (χ1) is 9.84. The molecule has 5 heteroatoms. The van der Waals surface area contributed by atoms with Gasteiger partial charge in [-0.25, -0.2) is 0 Å². The van der Waals surface area contributed by atoms with Gasteiger partial charge in [0.25, 0.3) is 5.91 Å². The van der Waals surface area contributed by atoms with Crippen LogP contribution in [0.25, 0.3) is 11.3 Å². The molecule has 1 atom stereocenters. The fraction of sp³-hybridized carbons (Fsp3) is 0.333. The first-order valence-electron chi connectivity index (χ1n) is 6.74. The van der Waals surface area contributed by atoms with E-state index in [2.05, 4.69) is 10.5 Å². The minimum absolute atomic E-state index is 0.124. The van der Waals surface area contributed by atoms with E-state index in [1.165, 1.54) is 6.26 Å². The Hall–Kier alpha value is -2.14. The molecule has 20 heavy (non-hydrogen) atoms. The van der Waals surface area contributed by atoms with Gasteiger partial charge in [0.05, 0.1) is 6.10 Å². The third-order valence-electron chi connectivity index (χ3n) is 3.38. The Morgan fingerprint density at radius 2 is 2.20 bits per heavy atom. The van der Waals surface area contributed by atoms with Gasteiger partial charge in [-0.05, 0) is 12.8 Å². The zero-order valence-electron chi connectivity index (χ0n) is 11.0. The summed E-state index contributed by atoms with van der Waals surface area (Å²) in [6.45, 7) is 1.31. The van der Waals surface area contributed by atoms with Gasteiger partial charge in [0.2, 0.25) is 0 Å². The van der Waals surface area contributed by atoms with Crippen molar-refractivity contribution < 1.29 is 14.1 Å². The number of benzene rings is 1. The third-order valence-corrected chi connectivity index (χ3v) is 3.38. The van der Waals surface area contributed by atoms with Crippen LogP contribution in [0.3, 0.4) is 0 Å². The average molecular weight is 272 g/mol. The molecule has 1 aromatic carbocycles. The predicted octanol–water partition coefficient (Wildman–Crippen LogP) is 2.25. The quantitative estimate of drug-likeness (QED) is 0.927. The molecule has 0 bridgehead atoms. The van der Waals surface area contributed by atoms with E-state index in [1.54, 1.807) is 0 Å². The lowest BCUT2D eigenvalue weighted by Crippen LogP contribution is -2.31.